The van der Waals surface area contributed by atoms with Crippen molar-refractivity contribution in [3.63, 3.8) is 0 Å². The average molecular weight is 542 g/mol. The second-order valence-electron chi connectivity index (χ2n) is 7.77. The molecule has 0 saturated carbocycles. The topological polar surface area (TPSA) is 220 Å². The third-order valence-corrected chi connectivity index (χ3v) is 5.63. The smallest absolute Gasteiger partial charge is 0.348 e. The molecule has 198 valence electrons. The van der Waals surface area contributed by atoms with E-state index < -0.39 is 55.0 Å². The van der Waals surface area contributed by atoms with Crippen molar-refractivity contribution in [2.75, 3.05) is 19.5 Å². The molecule has 0 bridgehead atoms. The van der Waals surface area contributed by atoms with E-state index in [-0.39, 0.29) is 33.4 Å². The van der Waals surface area contributed by atoms with E-state index in [9.17, 15) is 29.7 Å². The summed E-state index contributed by atoms with van der Waals surface area (Å²) in [5, 5.41) is 38.9. The van der Waals surface area contributed by atoms with Crippen LogP contribution in [0.2, 0.25) is 5.28 Å². The van der Waals surface area contributed by atoms with Gasteiger partial charge in [-0.1, -0.05) is 12.1 Å². The first-order valence-electron chi connectivity index (χ1n) is 10.3. The van der Waals surface area contributed by atoms with Gasteiger partial charge in [-0.25, -0.2) is 23.8 Å². The van der Waals surface area contributed by atoms with Crippen LogP contribution in [0, 0.1) is 0 Å². The van der Waals surface area contributed by atoms with Crippen LogP contribution in [0.1, 0.15) is 22.2 Å². The first-order valence-corrected chi connectivity index (χ1v) is 10.7. The molecule has 0 spiro atoms. The molecule has 37 heavy (non-hydrogen) atoms. The molecule has 0 aliphatic carbocycles. The number of hydrogen-bond acceptors (Lipinski definition) is 10. The molecular formula is C21H21ClFN5O9. The molecule has 0 radical (unpaired) electrons. The number of aliphatic hydroxyl groups is 1. The monoisotopic (exact) mass is 541 g/mol. The van der Waals surface area contributed by atoms with Gasteiger partial charge in [0.15, 0.2) is 11.5 Å². The maximum Gasteiger partial charge on any atom is 0.348 e. The van der Waals surface area contributed by atoms with Crippen LogP contribution in [0.3, 0.4) is 0 Å². The van der Waals surface area contributed by atoms with Crippen molar-refractivity contribution in [1.29, 1.82) is 0 Å². The molecule has 2 aromatic heterocycles. The summed E-state index contributed by atoms with van der Waals surface area (Å²) < 4.78 is 26.4. The number of nitrogens with two attached hydrogens (primary N) is 1. The highest BCUT2D eigenvalue weighted by atomic mass is 35.5. The van der Waals surface area contributed by atoms with Gasteiger partial charge in [0.05, 0.1) is 18.5 Å². The number of benzene rings is 1. The van der Waals surface area contributed by atoms with E-state index in [1.165, 1.54) is 18.2 Å². The lowest BCUT2D eigenvalue weighted by atomic mass is 9.93. The van der Waals surface area contributed by atoms with Crippen LogP contribution in [0.4, 0.5) is 10.2 Å². The molecule has 2 heterocycles. The number of halogens is 2. The van der Waals surface area contributed by atoms with E-state index in [4.69, 9.17) is 31.9 Å². The normalized spacial score (nSPS) is 14.3. The molecule has 3 atom stereocenters. The molecule has 6 N–H and O–H groups in total. The summed E-state index contributed by atoms with van der Waals surface area (Å²) >= 11 is 5.76. The van der Waals surface area contributed by atoms with Crippen molar-refractivity contribution in [1.82, 2.24) is 19.5 Å². The van der Waals surface area contributed by atoms with Crippen molar-refractivity contribution in [2.24, 2.45) is 0 Å². The first-order chi connectivity index (χ1) is 17.4. The standard InChI is InChI=1S/C21H21ClFN5O9/c1-36-11(13(29)14(23)28-8-25-12-15(24)26-20(22)27-16(12)28)7-37-21(18(32)33,19(34)35)6-9-3-2-4-10(5-9)17(30)31/h2-5,8,11,13-14,29H,6-7H2,1H3,(H,30,31)(H,32,33)(H,34,35)(H2,24,26,27)/t11-,13-,14-/m1/s1. The van der Waals surface area contributed by atoms with Crippen molar-refractivity contribution < 1.29 is 48.7 Å². The summed E-state index contributed by atoms with van der Waals surface area (Å²) in [6.07, 6.45) is -5.72. The van der Waals surface area contributed by atoms with Gasteiger partial charge in [0.25, 0.3) is 5.60 Å². The lowest BCUT2D eigenvalue weighted by molar-refractivity contribution is -0.192. The Kier molecular flexibility index (Phi) is 8.22. The Hall–Kier alpha value is -3.92. The summed E-state index contributed by atoms with van der Waals surface area (Å²) in [7, 11) is 1.06. The van der Waals surface area contributed by atoms with E-state index >= 15 is 4.39 Å². The molecule has 3 aromatic rings. The van der Waals surface area contributed by atoms with Crippen LogP contribution in [0.15, 0.2) is 30.6 Å². The number of ether oxygens (including phenoxy) is 2. The number of nitrogen functional groups attached to an aromatic ring is 1. The minimum atomic E-state index is -2.92. The summed E-state index contributed by atoms with van der Waals surface area (Å²) in [4.78, 5) is 46.7. The Morgan fingerprint density at radius 3 is 2.49 bits per heavy atom. The molecule has 16 heteroatoms. The van der Waals surface area contributed by atoms with Gasteiger partial charge in [0, 0.05) is 13.5 Å². The Bertz CT molecular complexity index is 1320. The maximum atomic E-state index is 15.3. The number of hydrogen-bond donors (Lipinski definition) is 5. The number of alkyl halides is 1. The third kappa shape index (κ3) is 5.59. The van der Waals surface area contributed by atoms with Gasteiger partial charge in [-0.2, -0.15) is 9.97 Å². The highest BCUT2D eigenvalue weighted by Crippen LogP contribution is 2.27. The van der Waals surface area contributed by atoms with E-state index in [2.05, 4.69) is 15.0 Å². The van der Waals surface area contributed by atoms with E-state index in [0.717, 1.165) is 24.1 Å². The molecule has 0 aliphatic rings. The minimum absolute atomic E-state index is 0.00355. The van der Waals surface area contributed by atoms with Crippen molar-refractivity contribution >= 4 is 46.5 Å². The fourth-order valence-electron chi connectivity index (χ4n) is 3.48. The number of carbonyl (C=O) groups is 3. The number of aliphatic carboxylic acids is 2. The number of aromatic carboxylic acids is 1. The van der Waals surface area contributed by atoms with Gasteiger partial charge in [-0.05, 0) is 29.3 Å². The predicted octanol–water partition coefficient (Wildman–Crippen LogP) is 0.771. The molecule has 0 saturated heterocycles. The summed E-state index contributed by atoms with van der Waals surface area (Å²) in [5.74, 6) is -5.27. The second-order valence-corrected chi connectivity index (χ2v) is 8.11. The second kappa shape index (κ2) is 11.0. The van der Waals surface area contributed by atoms with E-state index in [0.29, 0.717) is 0 Å². The summed E-state index contributed by atoms with van der Waals surface area (Å²) in [5.41, 5.74) is 2.45. The average Bonchev–Trinajstić information content (AvgIpc) is 3.26. The van der Waals surface area contributed by atoms with Crippen molar-refractivity contribution in [2.45, 2.75) is 30.5 Å². The summed E-state index contributed by atoms with van der Waals surface area (Å²) in [6.45, 7) is -0.889. The first kappa shape index (κ1) is 27.7. The van der Waals surface area contributed by atoms with Gasteiger partial charge in [-0.15, -0.1) is 0 Å². The van der Waals surface area contributed by atoms with E-state index in [1.807, 2.05) is 0 Å². The number of nitrogens with zero attached hydrogens (tertiary/aromatic N) is 4. The number of aromatic nitrogens is 4. The molecular weight excluding hydrogens is 521 g/mol. The number of carboxylic acid groups (broad SMARTS) is 3. The zero-order valence-corrected chi connectivity index (χ0v) is 19.7. The molecule has 0 fully saturated rings. The Balaban J connectivity index is 1.86. The maximum absolute atomic E-state index is 15.3. The number of anilines is 1. The Labute approximate surface area is 212 Å². The van der Waals surface area contributed by atoms with E-state index in [1.54, 1.807) is 0 Å². The van der Waals surface area contributed by atoms with Gasteiger partial charge < -0.3 is 35.6 Å². The number of aliphatic hydroxyl groups excluding tert-OH is 1. The minimum Gasteiger partial charge on any atom is -0.479 e. The van der Waals surface area contributed by atoms with Crippen LogP contribution in [0.5, 0.6) is 0 Å². The SMILES string of the molecule is CO[C@H](COC(Cc1cccc(C(=O)O)c1)(C(=O)O)C(=O)O)[C@@H](O)[C@H](F)n1cnc2c(N)nc(Cl)nc21. The van der Waals surface area contributed by atoms with Gasteiger partial charge in [0.2, 0.25) is 11.6 Å². The van der Waals surface area contributed by atoms with Crippen LogP contribution in [-0.2, 0) is 25.5 Å². The molecule has 3 rings (SSSR count). The third-order valence-electron chi connectivity index (χ3n) is 5.46. The van der Waals surface area contributed by atoms with Gasteiger partial charge >= 0.3 is 17.9 Å². The lowest BCUT2D eigenvalue weighted by Crippen LogP contribution is -2.53. The number of fused-ring (bicyclic) bond motifs is 1. The molecule has 14 nitrogen and oxygen atoms in total. The van der Waals surface area contributed by atoms with Crippen molar-refractivity contribution in [3.05, 3.63) is 47.0 Å². The summed E-state index contributed by atoms with van der Waals surface area (Å²) in [6, 6.07) is 4.95. The zero-order valence-electron chi connectivity index (χ0n) is 19.0. The number of carboxylic acids is 3. The number of rotatable bonds is 12. The molecule has 0 amide bonds. The fraction of sp³-hybridized carbons (Fsp3) is 0.333. The zero-order chi connectivity index (χ0) is 27.5. The Morgan fingerprint density at radius 1 is 1.22 bits per heavy atom. The highest BCUT2D eigenvalue weighted by molar-refractivity contribution is 6.28. The lowest BCUT2D eigenvalue weighted by Gasteiger charge is -2.30. The van der Waals surface area contributed by atoms with Crippen LogP contribution in [0.25, 0.3) is 11.2 Å². The quantitative estimate of drug-likeness (QED) is 0.158. The molecule has 1 aromatic carbocycles. The number of imidazole rings is 1. The van der Waals surface area contributed by atoms with Gasteiger partial charge in [-0.3, -0.25) is 4.57 Å². The van der Waals surface area contributed by atoms with Gasteiger partial charge in [0.1, 0.15) is 17.7 Å². The molecule has 0 aliphatic heterocycles. The highest BCUT2D eigenvalue weighted by Gasteiger charge is 2.49. The van der Waals surface area contributed by atoms with Crippen molar-refractivity contribution in [3.8, 4) is 0 Å². The molecule has 0 unspecified atom stereocenters. The fourth-order valence-corrected chi connectivity index (χ4v) is 3.65. The largest absolute Gasteiger partial charge is 0.479 e. The van der Waals surface area contributed by atoms with Crippen LogP contribution in [-0.4, -0.2) is 89.4 Å². The number of methoxy groups -OCH3 is 1. The van der Waals surface area contributed by atoms with Crippen LogP contribution >= 0.6 is 11.6 Å². The van der Waals surface area contributed by atoms with Crippen LogP contribution < -0.4 is 5.73 Å². The Morgan fingerprint density at radius 2 is 1.89 bits per heavy atom. The predicted molar refractivity (Wildman–Crippen MR) is 123 cm³/mol.